The van der Waals surface area contributed by atoms with E-state index in [2.05, 4.69) is 37.3 Å². The number of halogens is 1. The average molecular weight is 335 g/mol. The van der Waals surface area contributed by atoms with Gasteiger partial charge in [0.1, 0.15) is 5.82 Å². The highest BCUT2D eigenvalue weighted by Gasteiger charge is 2.24. The van der Waals surface area contributed by atoms with Crippen molar-refractivity contribution >= 4 is 34.4 Å². The number of methoxy groups -OCH3 is 1. The van der Waals surface area contributed by atoms with Crippen molar-refractivity contribution in [1.82, 2.24) is 9.97 Å². The lowest BCUT2D eigenvalue weighted by molar-refractivity contribution is 0.0586. The zero-order valence-corrected chi connectivity index (χ0v) is 11.8. The van der Waals surface area contributed by atoms with Gasteiger partial charge in [0.25, 0.3) is 0 Å². The highest BCUT2D eigenvalue weighted by molar-refractivity contribution is 14.1. The number of hydrogen-bond acceptors (Lipinski definition) is 5. The fraction of sp³-hybridized carbons (Fsp3) is 0.500. The first-order chi connectivity index (χ1) is 7.27. The largest absolute Gasteiger partial charge is 0.463 e. The molecule has 2 N–H and O–H groups in total. The van der Waals surface area contributed by atoms with Crippen molar-refractivity contribution < 1.29 is 9.53 Å². The third kappa shape index (κ3) is 2.60. The summed E-state index contributed by atoms with van der Waals surface area (Å²) in [7, 11) is 1.29. The van der Waals surface area contributed by atoms with Crippen LogP contribution in [0.5, 0.6) is 0 Å². The topological polar surface area (TPSA) is 78.1 Å². The zero-order valence-electron chi connectivity index (χ0n) is 9.67. The number of rotatable bonds is 1. The minimum atomic E-state index is -0.575. The van der Waals surface area contributed by atoms with E-state index in [9.17, 15) is 4.79 Å². The molecule has 16 heavy (non-hydrogen) atoms. The minimum Gasteiger partial charge on any atom is -0.463 e. The van der Waals surface area contributed by atoms with Crippen LogP contribution < -0.4 is 5.73 Å². The number of aromatic nitrogens is 2. The molecule has 0 aromatic carbocycles. The van der Waals surface area contributed by atoms with Gasteiger partial charge in [-0.1, -0.05) is 20.8 Å². The van der Waals surface area contributed by atoms with E-state index in [1.807, 2.05) is 20.8 Å². The van der Waals surface area contributed by atoms with Crippen molar-refractivity contribution in [3.63, 3.8) is 0 Å². The van der Waals surface area contributed by atoms with Crippen molar-refractivity contribution in [2.24, 2.45) is 0 Å². The number of hydrogen-bond donors (Lipinski definition) is 1. The average Bonchev–Trinajstić information content (AvgIpc) is 2.18. The van der Waals surface area contributed by atoms with Crippen LogP contribution in [0.4, 0.5) is 5.82 Å². The summed E-state index contributed by atoms with van der Waals surface area (Å²) in [6, 6.07) is 0. The number of carbonyl (C=O) groups excluding carboxylic acids is 1. The summed E-state index contributed by atoms with van der Waals surface area (Å²) in [5, 5.41) is 0. The molecular weight excluding hydrogens is 321 g/mol. The van der Waals surface area contributed by atoms with Crippen LogP contribution in [0.3, 0.4) is 0 Å². The van der Waals surface area contributed by atoms with Gasteiger partial charge in [-0.15, -0.1) is 0 Å². The smallest absolute Gasteiger partial charge is 0.376 e. The van der Waals surface area contributed by atoms with Gasteiger partial charge >= 0.3 is 5.97 Å². The Morgan fingerprint density at radius 1 is 1.38 bits per heavy atom. The second-order valence-electron chi connectivity index (χ2n) is 4.34. The standard InChI is InChI=1S/C10H14IN3O2/c1-10(2,3)6-5(11)7(12)14-8(13-6)9(15)16-4/h1-4H3,(H2,12,13,14). The third-order valence-corrected chi connectivity index (χ3v) is 3.02. The molecule has 0 unspecified atom stereocenters. The summed E-state index contributed by atoms with van der Waals surface area (Å²) >= 11 is 2.08. The van der Waals surface area contributed by atoms with Crippen LogP contribution >= 0.6 is 22.6 Å². The molecule has 0 fully saturated rings. The van der Waals surface area contributed by atoms with Crippen LogP contribution in [-0.2, 0) is 10.2 Å². The van der Waals surface area contributed by atoms with Crippen molar-refractivity contribution in [1.29, 1.82) is 0 Å². The first-order valence-electron chi connectivity index (χ1n) is 4.69. The number of esters is 1. The van der Waals surface area contributed by atoms with Gasteiger partial charge in [-0.3, -0.25) is 0 Å². The van der Waals surface area contributed by atoms with Gasteiger partial charge in [0, 0.05) is 5.41 Å². The number of ether oxygens (including phenoxy) is 1. The fourth-order valence-electron chi connectivity index (χ4n) is 1.14. The summed E-state index contributed by atoms with van der Waals surface area (Å²) in [5.41, 5.74) is 6.30. The summed E-state index contributed by atoms with van der Waals surface area (Å²) in [5.74, 6) is -0.264. The highest BCUT2D eigenvalue weighted by atomic mass is 127. The lowest BCUT2D eigenvalue weighted by atomic mass is 9.92. The third-order valence-electron chi connectivity index (χ3n) is 1.96. The molecule has 5 nitrogen and oxygen atoms in total. The molecule has 0 bridgehead atoms. The molecule has 1 aromatic rings. The Hall–Kier alpha value is -0.920. The molecule has 0 saturated heterocycles. The van der Waals surface area contributed by atoms with Crippen molar-refractivity contribution in [3.05, 3.63) is 15.1 Å². The van der Waals surface area contributed by atoms with Gasteiger partial charge in [0.2, 0.25) is 5.82 Å². The monoisotopic (exact) mass is 335 g/mol. The highest BCUT2D eigenvalue weighted by Crippen LogP contribution is 2.27. The number of nitrogens with zero attached hydrogens (tertiary/aromatic N) is 2. The van der Waals surface area contributed by atoms with Gasteiger partial charge in [-0.2, -0.15) is 0 Å². The van der Waals surface area contributed by atoms with E-state index in [4.69, 9.17) is 5.73 Å². The molecule has 0 aliphatic rings. The van der Waals surface area contributed by atoms with Crippen LogP contribution in [0.25, 0.3) is 0 Å². The van der Waals surface area contributed by atoms with Gasteiger partial charge in [-0.25, -0.2) is 14.8 Å². The molecule has 6 heteroatoms. The zero-order chi connectivity index (χ0) is 12.5. The second-order valence-corrected chi connectivity index (χ2v) is 5.42. The second kappa shape index (κ2) is 4.52. The van der Waals surface area contributed by atoms with E-state index >= 15 is 0 Å². The van der Waals surface area contributed by atoms with Crippen LogP contribution in [-0.4, -0.2) is 23.0 Å². The molecular formula is C10H14IN3O2. The van der Waals surface area contributed by atoms with Crippen LogP contribution in [0.2, 0.25) is 0 Å². The Morgan fingerprint density at radius 3 is 2.38 bits per heavy atom. The van der Waals surface area contributed by atoms with Crippen molar-refractivity contribution in [2.75, 3.05) is 12.8 Å². The van der Waals surface area contributed by atoms with Gasteiger partial charge < -0.3 is 10.5 Å². The predicted octanol–water partition coefficient (Wildman–Crippen LogP) is 1.75. The number of anilines is 1. The van der Waals surface area contributed by atoms with E-state index in [0.717, 1.165) is 9.26 Å². The Labute approximate surface area is 108 Å². The Balaban J connectivity index is 3.39. The molecule has 0 spiro atoms. The molecule has 0 atom stereocenters. The van der Waals surface area contributed by atoms with Crippen molar-refractivity contribution in [2.45, 2.75) is 26.2 Å². The number of nitrogen functional groups attached to an aromatic ring is 1. The molecule has 88 valence electrons. The Morgan fingerprint density at radius 2 is 1.94 bits per heavy atom. The summed E-state index contributed by atoms with van der Waals surface area (Å²) in [4.78, 5) is 19.5. The first-order valence-corrected chi connectivity index (χ1v) is 5.77. The summed E-state index contributed by atoms with van der Waals surface area (Å²) < 4.78 is 5.35. The lowest BCUT2D eigenvalue weighted by Gasteiger charge is -2.20. The predicted molar refractivity (Wildman–Crippen MR) is 69.2 cm³/mol. The van der Waals surface area contributed by atoms with E-state index in [1.54, 1.807) is 0 Å². The number of carbonyl (C=O) groups is 1. The molecule has 0 radical (unpaired) electrons. The van der Waals surface area contributed by atoms with Gasteiger partial charge in [0.15, 0.2) is 0 Å². The van der Waals surface area contributed by atoms with Crippen LogP contribution in [0.15, 0.2) is 0 Å². The Kier molecular flexibility index (Phi) is 3.72. The van der Waals surface area contributed by atoms with Gasteiger partial charge in [0.05, 0.1) is 16.4 Å². The minimum absolute atomic E-state index is 0.00495. The molecule has 0 aliphatic heterocycles. The molecule has 1 heterocycles. The fourth-order valence-corrected chi connectivity index (χ4v) is 2.19. The van der Waals surface area contributed by atoms with Crippen LogP contribution in [0, 0.1) is 3.57 Å². The maximum Gasteiger partial charge on any atom is 0.376 e. The first kappa shape index (κ1) is 13.1. The molecule has 0 saturated carbocycles. The maximum absolute atomic E-state index is 11.4. The number of nitrogens with two attached hydrogens (primary N) is 1. The molecule has 1 rings (SSSR count). The maximum atomic E-state index is 11.4. The van der Waals surface area contributed by atoms with E-state index < -0.39 is 5.97 Å². The van der Waals surface area contributed by atoms with E-state index in [1.165, 1.54) is 7.11 Å². The van der Waals surface area contributed by atoms with Gasteiger partial charge in [-0.05, 0) is 22.6 Å². The summed E-state index contributed by atoms with van der Waals surface area (Å²) in [6.07, 6.45) is 0. The van der Waals surface area contributed by atoms with Crippen molar-refractivity contribution in [3.8, 4) is 0 Å². The molecule has 1 aromatic heterocycles. The van der Waals surface area contributed by atoms with E-state index in [0.29, 0.717) is 5.82 Å². The van der Waals surface area contributed by atoms with E-state index in [-0.39, 0.29) is 11.2 Å². The normalized spacial score (nSPS) is 11.3. The SMILES string of the molecule is COC(=O)c1nc(N)c(I)c(C(C)(C)C)n1. The lowest BCUT2D eigenvalue weighted by Crippen LogP contribution is -2.21. The van der Waals surface area contributed by atoms with Crippen LogP contribution in [0.1, 0.15) is 37.1 Å². The molecule has 0 amide bonds. The quantitative estimate of drug-likeness (QED) is 0.625. The molecule has 0 aliphatic carbocycles. The summed E-state index contributed by atoms with van der Waals surface area (Å²) in [6.45, 7) is 5.99. The Bertz CT molecular complexity index is 427.